The van der Waals surface area contributed by atoms with Crippen LogP contribution >= 0.6 is 11.6 Å². The second kappa shape index (κ2) is 6.68. The summed E-state index contributed by atoms with van der Waals surface area (Å²) in [7, 11) is 1.44. The summed E-state index contributed by atoms with van der Waals surface area (Å²) in [5.74, 6) is -2.14. The zero-order chi connectivity index (χ0) is 16.3. The van der Waals surface area contributed by atoms with Gasteiger partial charge < -0.3 is 9.84 Å². The van der Waals surface area contributed by atoms with Crippen LogP contribution in [-0.2, 0) is 9.53 Å². The zero-order valence-electron chi connectivity index (χ0n) is 11.8. The number of benzene rings is 1. The van der Waals surface area contributed by atoms with Gasteiger partial charge in [0.05, 0.1) is 11.6 Å². The van der Waals surface area contributed by atoms with Crippen LogP contribution in [0.2, 0.25) is 0 Å². The van der Waals surface area contributed by atoms with Crippen molar-refractivity contribution in [1.29, 1.82) is 0 Å². The summed E-state index contributed by atoms with van der Waals surface area (Å²) in [4.78, 5) is 35.9. The summed E-state index contributed by atoms with van der Waals surface area (Å²) in [5, 5.41) is 8.91. The van der Waals surface area contributed by atoms with Gasteiger partial charge in [0.15, 0.2) is 5.78 Å². The van der Waals surface area contributed by atoms with Gasteiger partial charge in [0, 0.05) is 35.8 Å². The molecule has 0 aliphatic heterocycles. The van der Waals surface area contributed by atoms with E-state index in [1.165, 1.54) is 19.2 Å². The summed E-state index contributed by atoms with van der Waals surface area (Å²) >= 11 is 5.98. The van der Waals surface area contributed by atoms with E-state index in [0.29, 0.717) is 0 Å². The summed E-state index contributed by atoms with van der Waals surface area (Å²) < 4.78 is 4.84. The van der Waals surface area contributed by atoms with E-state index < -0.39 is 17.5 Å². The van der Waals surface area contributed by atoms with Crippen LogP contribution in [-0.4, -0.2) is 36.4 Å². The first-order valence-electron chi connectivity index (χ1n) is 6.48. The highest BCUT2D eigenvalue weighted by Gasteiger charge is 2.30. The molecule has 6 heteroatoms. The van der Waals surface area contributed by atoms with Gasteiger partial charge in [-0.15, -0.1) is 0 Å². The third kappa shape index (κ3) is 3.00. The van der Waals surface area contributed by atoms with Crippen molar-refractivity contribution in [2.45, 2.75) is 6.42 Å². The maximum absolute atomic E-state index is 12.4. The minimum atomic E-state index is -1.19. The summed E-state index contributed by atoms with van der Waals surface area (Å²) in [6.07, 6.45) is 1.25. The number of ether oxygens (including phenoxy) is 1. The van der Waals surface area contributed by atoms with Crippen LogP contribution in [0, 0.1) is 0 Å². The first-order chi connectivity index (χ1) is 10.5. The number of methoxy groups -OCH3 is 1. The lowest BCUT2D eigenvalue weighted by Crippen LogP contribution is -2.19. The SMILES string of the molecule is COCC/C(=C\C1=C(Cl)C(=O)c2ccccc2C1=O)C(=O)O. The van der Waals surface area contributed by atoms with Crippen LogP contribution in [0.3, 0.4) is 0 Å². The second-order valence-electron chi connectivity index (χ2n) is 4.65. The van der Waals surface area contributed by atoms with E-state index in [-0.39, 0.29) is 40.3 Å². The predicted octanol–water partition coefficient (Wildman–Crippen LogP) is 2.61. The van der Waals surface area contributed by atoms with E-state index in [2.05, 4.69) is 0 Å². The van der Waals surface area contributed by atoms with Crippen LogP contribution in [0.25, 0.3) is 0 Å². The van der Waals surface area contributed by atoms with E-state index in [0.717, 1.165) is 6.08 Å². The van der Waals surface area contributed by atoms with Crippen molar-refractivity contribution in [3.8, 4) is 0 Å². The Morgan fingerprint density at radius 2 is 1.82 bits per heavy atom. The molecule has 2 rings (SSSR count). The quantitative estimate of drug-likeness (QED) is 0.843. The molecule has 1 N–H and O–H groups in total. The summed E-state index contributed by atoms with van der Waals surface area (Å²) in [6, 6.07) is 6.30. The average molecular weight is 321 g/mol. The fraction of sp³-hybridized carbons (Fsp3) is 0.188. The van der Waals surface area contributed by atoms with E-state index in [1.54, 1.807) is 12.1 Å². The molecule has 0 radical (unpaired) electrons. The highest BCUT2D eigenvalue weighted by atomic mass is 35.5. The van der Waals surface area contributed by atoms with Crippen LogP contribution in [0.15, 0.2) is 46.5 Å². The fourth-order valence-corrected chi connectivity index (χ4v) is 2.36. The minimum absolute atomic E-state index is 0.0458. The maximum Gasteiger partial charge on any atom is 0.331 e. The molecule has 0 atom stereocenters. The van der Waals surface area contributed by atoms with E-state index in [1.807, 2.05) is 0 Å². The third-order valence-electron chi connectivity index (χ3n) is 3.27. The number of halogens is 1. The van der Waals surface area contributed by atoms with Crippen molar-refractivity contribution in [2.24, 2.45) is 0 Å². The lowest BCUT2D eigenvalue weighted by molar-refractivity contribution is -0.132. The van der Waals surface area contributed by atoms with Crippen molar-refractivity contribution in [1.82, 2.24) is 0 Å². The molecule has 22 heavy (non-hydrogen) atoms. The molecule has 1 aliphatic rings. The molecule has 1 aromatic rings. The molecule has 1 aromatic carbocycles. The van der Waals surface area contributed by atoms with Crippen LogP contribution in [0.1, 0.15) is 27.1 Å². The Bertz CT molecular complexity index is 715. The lowest BCUT2D eigenvalue weighted by atomic mass is 9.88. The highest BCUT2D eigenvalue weighted by molar-refractivity contribution is 6.50. The Morgan fingerprint density at radius 3 is 2.36 bits per heavy atom. The van der Waals surface area contributed by atoms with Gasteiger partial charge >= 0.3 is 5.97 Å². The van der Waals surface area contributed by atoms with Gasteiger partial charge in [0.1, 0.15) is 0 Å². The molecule has 0 spiro atoms. The minimum Gasteiger partial charge on any atom is -0.478 e. The van der Waals surface area contributed by atoms with Crippen molar-refractivity contribution in [3.63, 3.8) is 0 Å². The second-order valence-corrected chi connectivity index (χ2v) is 5.03. The van der Waals surface area contributed by atoms with Crippen molar-refractivity contribution < 1.29 is 24.2 Å². The standard InChI is InChI=1S/C16H13ClO5/c1-22-7-6-9(16(20)21)8-12-13(17)15(19)11-5-3-2-4-10(11)14(12)18/h2-5,8H,6-7H2,1H3,(H,20,21)/b9-8+. The van der Waals surface area contributed by atoms with Gasteiger partial charge in [0.25, 0.3) is 0 Å². The Labute approximate surface area is 131 Å². The molecule has 0 bridgehead atoms. The number of carboxylic acid groups (broad SMARTS) is 1. The van der Waals surface area contributed by atoms with Gasteiger partial charge in [-0.1, -0.05) is 35.9 Å². The summed E-state index contributed by atoms with van der Waals surface area (Å²) in [5.41, 5.74) is 0.303. The fourth-order valence-electron chi connectivity index (χ4n) is 2.12. The van der Waals surface area contributed by atoms with Crippen LogP contribution in [0.4, 0.5) is 0 Å². The molecule has 0 amide bonds. The molecule has 0 aromatic heterocycles. The van der Waals surface area contributed by atoms with E-state index in [4.69, 9.17) is 16.3 Å². The Balaban J connectivity index is 2.50. The Morgan fingerprint density at radius 1 is 1.23 bits per heavy atom. The number of aliphatic carboxylic acids is 1. The van der Waals surface area contributed by atoms with Gasteiger partial charge in [0.2, 0.25) is 5.78 Å². The number of rotatable bonds is 5. The van der Waals surface area contributed by atoms with Crippen LogP contribution in [0.5, 0.6) is 0 Å². The Hall–Kier alpha value is -2.24. The number of ketones is 2. The first-order valence-corrected chi connectivity index (χ1v) is 6.86. The number of carboxylic acids is 1. The largest absolute Gasteiger partial charge is 0.478 e. The highest BCUT2D eigenvalue weighted by Crippen LogP contribution is 2.30. The van der Waals surface area contributed by atoms with Crippen molar-refractivity contribution in [2.75, 3.05) is 13.7 Å². The van der Waals surface area contributed by atoms with Crippen LogP contribution < -0.4 is 0 Å². The van der Waals surface area contributed by atoms with Gasteiger partial charge in [-0.2, -0.15) is 0 Å². The number of hydrogen-bond donors (Lipinski definition) is 1. The molecule has 0 saturated heterocycles. The molecular weight excluding hydrogens is 308 g/mol. The number of hydrogen-bond acceptors (Lipinski definition) is 4. The molecule has 114 valence electrons. The van der Waals surface area contributed by atoms with Gasteiger partial charge in [-0.3, -0.25) is 9.59 Å². The molecule has 0 saturated carbocycles. The zero-order valence-corrected chi connectivity index (χ0v) is 12.5. The smallest absolute Gasteiger partial charge is 0.331 e. The number of allylic oxidation sites excluding steroid dienone is 3. The molecule has 0 heterocycles. The van der Waals surface area contributed by atoms with Crippen molar-refractivity contribution >= 4 is 29.1 Å². The first kappa shape index (κ1) is 16.1. The molecule has 0 fully saturated rings. The van der Waals surface area contributed by atoms with Gasteiger partial charge in [-0.05, 0) is 6.08 Å². The topological polar surface area (TPSA) is 80.7 Å². The lowest BCUT2D eigenvalue weighted by Gasteiger charge is -2.16. The molecular formula is C16H13ClO5. The van der Waals surface area contributed by atoms with E-state index >= 15 is 0 Å². The normalized spacial score (nSPS) is 15.1. The predicted molar refractivity (Wildman–Crippen MR) is 80.2 cm³/mol. The maximum atomic E-state index is 12.4. The average Bonchev–Trinajstić information content (AvgIpc) is 2.52. The summed E-state index contributed by atoms with van der Waals surface area (Å²) in [6.45, 7) is 0.182. The van der Waals surface area contributed by atoms with Crippen molar-refractivity contribution in [3.05, 3.63) is 57.6 Å². The van der Waals surface area contributed by atoms with E-state index in [9.17, 15) is 19.5 Å². The monoisotopic (exact) mass is 320 g/mol. The molecule has 1 aliphatic carbocycles. The third-order valence-corrected chi connectivity index (χ3v) is 3.64. The Kier molecular flexibility index (Phi) is 4.90. The number of Topliss-reactive ketones (excluding diaryl/α,β-unsaturated/α-hetero) is 2. The van der Waals surface area contributed by atoms with Gasteiger partial charge in [-0.25, -0.2) is 4.79 Å². The molecule has 0 unspecified atom stereocenters. The number of carbonyl (C=O) groups is 3. The number of fused-ring (bicyclic) bond motifs is 1. The number of carbonyl (C=O) groups excluding carboxylic acids is 2. The molecule has 5 nitrogen and oxygen atoms in total.